The molecule has 0 aromatic carbocycles. The molecule has 0 aliphatic heterocycles. The van der Waals surface area contributed by atoms with Crippen molar-refractivity contribution in [3.8, 4) is 0 Å². The van der Waals surface area contributed by atoms with E-state index in [1.165, 1.54) is 12.3 Å². The Morgan fingerprint density at radius 2 is 2.25 bits per heavy atom. The maximum Gasteiger partial charge on any atom is 0.276 e. The van der Waals surface area contributed by atoms with Gasteiger partial charge in [-0.05, 0) is 12.1 Å². The smallest absolute Gasteiger partial charge is 0.276 e. The van der Waals surface area contributed by atoms with Gasteiger partial charge in [-0.2, -0.15) is 0 Å². The van der Waals surface area contributed by atoms with E-state index in [1.807, 2.05) is 0 Å². The highest BCUT2D eigenvalue weighted by Gasteiger charge is 2.08. The standard InChI is InChI=1S/C9H10N6O/c10-15-6-1-2-11-7(5-6)8(16)14-9-12-3-4-13-9/h1-5H,10H2,(H,11,15)(H2,12,13,14,16). The summed E-state index contributed by atoms with van der Waals surface area (Å²) >= 11 is 0. The van der Waals surface area contributed by atoms with E-state index < -0.39 is 0 Å². The molecule has 0 aliphatic rings. The fourth-order valence-electron chi connectivity index (χ4n) is 1.15. The normalized spacial score (nSPS) is 9.81. The van der Waals surface area contributed by atoms with Gasteiger partial charge in [-0.25, -0.2) is 4.98 Å². The number of rotatable bonds is 3. The Labute approximate surface area is 91.1 Å². The van der Waals surface area contributed by atoms with Gasteiger partial charge in [0.15, 0.2) is 0 Å². The number of H-pyrrole nitrogens is 1. The molecule has 0 saturated heterocycles. The molecular formula is C9H10N6O. The van der Waals surface area contributed by atoms with Crippen LogP contribution >= 0.6 is 0 Å². The highest BCUT2D eigenvalue weighted by Crippen LogP contribution is 2.07. The topological polar surface area (TPSA) is 109 Å². The molecule has 2 aromatic rings. The van der Waals surface area contributed by atoms with Gasteiger partial charge >= 0.3 is 0 Å². The van der Waals surface area contributed by atoms with Crippen LogP contribution < -0.4 is 16.6 Å². The summed E-state index contributed by atoms with van der Waals surface area (Å²) in [7, 11) is 0. The first-order valence-electron chi connectivity index (χ1n) is 4.53. The fraction of sp³-hybridized carbons (Fsp3) is 0. The molecule has 1 amide bonds. The van der Waals surface area contributed by atoms with Crippen molar-refractivity contribution in [3.63, 3.8) is 0 Å². The summed E-state index contributed by atoms with van der Waals surface area (Å²) in [4.78, 5) is 22.2. The molecule has 0 aliphatic carbocycles. The number of aromatic amines is 1. The molecule has 7 heteroatoms. The van der Waals surface area contributed by atoms with Crippen molar-refractivity contribution >= 4 is 17.5 Å². The lowest BCUT2D eigenvalue weighted by atomic mass is 10.3. The molecule has 0 spiro atoms. The summed E-state index contributed by atoms with van der Waals surface area (Å²) in [6.45, 7) is 0. The lowest BCUT2D eigenvalue weighted by Crippen LogP contribution is -2.15. The van der Waals surface area contributed by atoms with Crippen molar-refractivity contribution in [2.75, 3.05) is 10.7 Å². The zero-order valence-electron chi connectivity index (χ0n) is 8.27. The molecule has 2 aromatic heterocycles. The van der Waals surface area contributed by atoms with E-state index in [-0.39, 0.29) is 11.6 Å². The Hall–Kier alpha value is -2.41. The summed E-state index contributed by atoms with van der Waals surface area (Å²) < 4.78 is 0. The number of nitrogen functional groups attached to an aromatic ring is 1. The highest BCUT2D eigenvalue weighted by molar-refractivity contribution is 6.02. The van der Waals surface area contributed by atoms with Gasteiger partial charge in [-0.3, -0.25) is 20.9 Å². The van der Waals surface area contributed by atoms with Crippen molar-refractivity contribution in [1.82, 2.24) is 15.0 Å². The van der Waals surface area contributed by atoms with Gasteiger partial charge in [-0.1, -0.05) is 0 Å². The second-order valence-corrected chi connectivity index (χ2v) is 2.97. The molecule has 5 N–H and O–H groups in total. The van der Waals surface area contributed by atoms with Crippen molar-refractivity contribution in [3.05, 3.63) is 36.4 Å². The summed E-state index contributed by atoms with van der Waals surface area (Å²) in [5.74, 6) is 5.25. The molecular weight excluding hydrogens is 208 g/mol. The van der Waals surface area contributed by atoms with Crippen LogP contribution in [-0.2, 0) is 0 Å². The van der Waals surface area contributed by atoms with Crippen LogP contribution in [0.2, 0.25) is 0 Å². The Morgan fingerprint density at radius 3 is 2.94 bits per heavy atom. The summed E-state index contributed by atoms with van der Waals surface area (Å²) in [6.07, 6.45) is 4.65. The molecule has 0 unspecified atom stereocenters. The second kappa shape index (κ2) is 4.41. The number of nitrogens with one attached hydrogen (secondary N) is 3. The number of carbonyl (C=O) groups excluding carboxylic acids is 1. The number of nitrogens with two attached hydrogens (primary N) is 1. The number of hydrogen-bond donors (Lipinski definition) is 4. The largest absolute Gasteiger partial charge is 0.331 e. The van der Waals surface area contributed by atoms with Gasteiger partial charge in [0.25, 0.3) is 5.91 Å². The molecule has 7 nitrogen and oxygen atoms in total. The minimum Gasteiger partial charge on any atom is -0.331 e. The fourth-order valence-corrected chi connectivity index (χ4v) is 1.15. The number of pyridine rings is 1. The summed E-state index contributed by atoms with van der Waals surface area (Å²) in [5, 5.41) is 2.55. The van der Waals surface area contributed by atoms with E-state index in [0.29, 0.717) is 11.6 Å². The van der Waals surface area contributed by atoms with E-state index in [0.717, 1.165) is 0 Å². The number of carbonyl (C=O) groups is 1. The van der Waals surface area contributed by atoms with Crippen LogP contribution in [0.15, 0.2) is 30.7 Å². The predicted molar refractivity (Wildman–Crippen MR) is 58.6 cm³/mol. The number of nitrogens with zero attached hydrogens (tertiary/aromatic N) is 2. The van der Waals surface area contributed by atoms with Crippen molar-refractivity contribution in [2.24, 2.45) is 5.84 Å². The van der Waals surface area contributed by atoms with E-state index in [2.05, 4.69) is 25.7 Å². The van der Waals surface area contributed by atoms with Crippen LogP contribution in [0.25, 0.3) is 0 Å². The lowest BCUT2D eigenvalue weighted by molar-refractivity contribution is 0.102. The maximum atomic E-state index is 11.7. The van der Waals surface area contributed by atoms with Gasteiger partial charge in [0, 0.05) is 18.6 Å². The molecule has 2 rings (SSSR count). The average molecular weight is 218 g/mol. The van der Waals surface area contributed by atoms with Gasteiger partial charge in [0.05, 0.1) is 5.69 Å². The second-order valence-electron chi connectivity index (χ2n) is 2.97. The maximum absolute atomic E-state index is 11.7. The van der Waals surface area contributed by atoms with E-state index in [1.54, 1.807) is 18.5 Å². The van der Waals surface area contributed by atoms with Crippen LogP contribution in [0.1, 0.15) is 10.5 Å². The zero-order chi connectivity index (χ0) is 11.4. The number of imidazole rings is 1. The number of anilines is 2. The number of hydrazine groups is 1. The predicted octanol–water partition coefficient (Wildman–Crippen LogP) is 0.343. The first-order valence-corrected chi connectivity index (χ1v) is 4.53. The van der Waals surface area contributed by atoms with Crippen molar-refractivity contribution < 1.29 is 4.79 Å². The van der Waals surface area contributed by atoms with Crippen LogP contribution in [0.5, 0.6) is 0 Å². The van der Waals surface area contributed by atoms with Gasteiger partial charge in [0.1, 0.15) is 5.69 Å². The zero-order valence-corrected chi connectivity index (χ0v) is 8.27. The van der Waals surface area contributed by atoms with Gasteiger partial charge in [0.2, 0.25) is 5.95 Å². The molecule has 0 saturated carbocycles. The van der Waals surface area contributed by atoms with Crippen LogP contribution in [0.3, 0.4) is 0 Å². The van der Waals surface area contributed by atoms with E-state index in [4.69, 9.17) is 5.84 Å². The van der Waals surface area contributed by atoms with E-state index >= 15 is 0 Å². The number of hydrogen-bond acceptors (Lipinski definition) is 5. The molecule has 0 radical (unpaired) electrons. The third-order valence-corrected chi connectivity index (χ3v) is 1.89. The molecule has 2 heterocycles. The molecule has 16 heavy (non-hydrogen) atoms. The number of amides is 1. The Kier molecular flexibility index (Phi) is 2.79. The third kappa shape index (κ3) is 2.15. The summed E-state index contributed by atoms with van der Waals surface area (Å²) in [6, 6.07) is 3.20. The first-order chi connectivity index (χ1) is 7.79. The molecule has 82 valence electrons. The molecule has 0 fully saturated rings. The first kappa shape index (κ1) is 10.1. The van der Waals surface area contributed by atoms with Gasteiger partial charge < -0.3 is 10.4 Å². The minimum absolute atomic E-state index is 0.256. The molecule has 0 atom stereocenters. The Morgan fingerprint density at radius 1 is 1.38 bits per heavy atom. The summed E-state index contributed by atoms with van der Waals surface area (Å²) in [5.41, 5.74) is 3.30. The quantitative estimate of drug-likeness (QED) is 0.439. The third-order valence-electron chi connectivity index (χ3n) is 1.89. The van der Waals surface area contributed by atoms with Crippen LogP contribution in [-0.4, -0.2) is 20.9 Å². The Balaban J connectivity index is 2.14. The molecule has 0 bridgehead atoms. The van der Waals surface area contributed by atoms with Gasteiger partial charge in [-0.15, -0.1) is 0 Å². The highest BCUT2D eigenvalue weighted by atomic mass is 16.2. The number of aromatic nitrogens is 3. The van der Waals surface area contributed by atoms with Crippen molar-refractivity contribution in [2.45, 2.75) is 0 Å². The minimum atomic E-state index is -0.355. The lowest BCUT2D eigenvalue weighted by Gasteiger charge is -2.03. The monoisotopic (exact) mass is 218 g/mol. The van der Waals surface area contributed by atoms with Crippen LogP contribution in [0.4, 0.5) is 11.6 Å². The van der Waals surface area contributed by atoms with Crippen LogP contribution in [0, 0.1) is 0 Å². The van der Waals surface area contributed by atoms with Crippen molar-refractivity contribution in [1.29, 1.82) is 0 Å². The average Bonchev–Trinajstić information content (AvgIpc) is 2.82. The Bertz CT molecular complexity index is 481. The SMILES string of the molecule is NNc1ccnc(C(=O)Nc2ncc[nH]2)c1. The van der Waals surface area contributed by atoms with E-state index in [9.17, 15) is 4.79 Å².